The number of nitrogens with zero attached hydrogens (tertiary/aromatic N) is 1. The standard InChI is InChI=1S/C11H15N3O/c1-11(9-3-7-12-8-4-9)10(15)13-5-2-6-14-11/h3-4,7-8,14H,2,5-6H2,1H3,(H,13,15). The molecule has 1 aliphatic heterocycles. The summed E-state index contributed by atoms with van der Waals surface area (Å²) in [4.78, 5) is 15.9. The van der Waals surface area contributed by atoms with Gasteiger partial charge < -0.3 is 5.32 Å². The number of pyridine rings is 1. The zero-order chi connectivity index (χ0) is 10.7. The molecule has 4 heteroatoms. The van der Waals surface area contributed by atoms with Crippen molar-refractivity contribution in [3.8, 4) is 0 Å². The van der Waals surface area contributed by atoms with Crippen LogP contribution in [0.2, 0.25) is 0 Å². The summed E-state index contributed by atoms with van der Waals surface area (Å²) in [5.74, 6) is 0.0335. The van der Waals surface area contributed by atoms with Crippen molar-refractivity contribution in [3.63, 3.8) is 0 Å². The van der Waals surface area contributed by atoms with Gasteiger partial charge in [0.1, 0.15) is 5.54 Å². The van der Waals surface area contributed by atoms with Gasteiger partial charge in [-0.15, -0.1) is 0 Å². The number of aromatic nitrogens is 1. The Labute approximate surface area is 89.1 Å². The van der Waals surface area contributed by atoms with E-state index in [-0.39, 0.29) is 5.91 Å². The fraction of sp³-hybridized carbons (Fsp3) is 0.455. The van der Waals surface area contributed by atoms with Crippen LogP contribution in [0.5, 0.6) is 0 Å². The van der Waals surface area contributed by atoms with Crippen molar-refractivity contribution in [2.24, 2.45) is 0 Å². The van der Waals surface area contributed by atoms with Crippen molar-refractivity contribution in [2.75, 3.05) is 13.1 Å². The van der Waals surface area contributed by atoms with Crippen LogP contribution >= 0.6 is 0 Å². The van der Waals surface area contributed by atoms with E-state index in [1.165, 1.54) is 0 Å². The molecule has 0 aromatic carbocycles. The van der Waals surface area contributed by atoms with E-state index in [1.54, 1.807) is 12.4 Å². The minimum absolute atomic E-state index is 0.0335. The van der Waals surface area contributed by atoms with Crippen LogP contribution in [-0.2, 0) is 10.3 Å². The fourth-order valence-electron chi connectivity index (χ4n) is 1.80. The predicted octanol–water partition coefficient (Wildman–Crippen LogP) is 0.406. The Morgan fingerprint density at radius 3 is 2.80 bits per heavy atom. The number of carbonyl (C=O) groups is 1. The zero-order valence-electron chi connectivity index (χ0n) is 8.79. The third-order valence-electron chi connectivity index (χ3n) is 2.83. The molecule has 0 bridgehead atoms. The van der Waals surface area contributed by atoms with Gasteiger partial charge >= 0.3 is 0 Å². The minimum atomic E-state index is -0.626. The molecule has 1 aliphatic rings. The highest BCUT2D eigenvalue weighted by atomic mass is 16.2. The Morgan fingerprint density at radius 1 is 1.33 bits per heavy atom. The van der Waals surface area contributed by atoms with Crippen LogP contribution in [0.25, 0.3) is 0 Å². The topological polar surface area (TPSA) is 54.0 Å². The molecule has 0 aliphatic carbocycles. The molecule has 1 aromatic heterocycles. The number of amides is 1. The van der Waals surface area contributed by atoms with E-state index in [1.807, 2.05) is 19.1 Å². The maximum absolute atomic E-state index is 11.9. The van der Waals surface area contributed by atoms with Crippen molar-refractivity contribution in [2.45, 2.75) is 18.9 Å². The van der Waals surface area contributed by atoms with Gasteiger partial charge in [-0.05, 0) is 37.6 Å². The highest BCUT2D eigenvalue weighted by Gasteiger charge is 2.35. The summed E-state index contributed by atoms with van der Waals surface area (Å²) in [6, 6.07) is 3.75. The Bertz CT molecular complexity index is 352. The maximum Gasteiger partial charge on any atom is 0.244 e. The first-order valence-electron chi connectivity index (χ1n) is 5.17. The van der Waals surface area contributed by atoms with E-state index < -0.39 is 5.54 Å². The van der Waals surface area contributed by atoms with Gasteiger partial charge in [0.15, 0.2) is 0 Å². The quantitative estimate of drug-likeness (QED) is 0.698. The average molecular weight is 205 g/mol. The summed E-state index contributed by atoms with van der Waals surface area (Å²) < 4.78 is 0. The molecule has 2 rings (SSSR count). The van der Waals surface area contributed by atoms with Crippen LogP contribution in [0.4, 0.5) is 0 Å². The third kappa shape index (κ3) is 1.85. The van der Waals surface area contributed by atoms with Crippen molar-refractivity contribution < 1.29 is 4.79 Å². The van der Waals surface area contributed by atoms with E-state index in [4.69, 9.17) is 0 Å². The van der Waals surface area contributed by atoms with Gasteiger partial charge in [0, 0.05) is 18.9 Å². The molecular weight excluding hydrogens is 190 g/mol. The van der Waals surface area contributed by atoms with Gasteiger partial charge in [0.2, 0.25) is 5.91 Å². The molecule has 15 heavy (non-hydrogen) atoms. The normalized spacial score (nSPS) is 26.9. The van der Waals surface area contributed by atoms with Crippen molar-refractivity contribution in [3.05, 3.63) is 30.1 Å². The van der Waals surface area contributed by atoms with Crippen molar-refractivity contribution in [1.29, 1.82) is 0 Å². The van der Waals surface area contributed by atoms with Crippen LogP contribution in [-0.4, -0.2) is 24.0 Å². The largest absolute Gasteiger partial charge is 0.354 e. The number of rotatable bonds is 1. The van der Waals surface area contributed by atoms with Crippen LogP contribution < -0.4 is 10.6 Å². The summed E-state index contributed by atoms with van der Waals surface area (Å²) in [7, 11) is 0. The highest BCUT2D eigenvalue weighted by molar-refractivity contribution is 5.87. The molecule has 2 heterocycles. The fourth-order valence-corrected chi connectivity index (χ4v) is 1.80. The zero-order valence-corrected chi connectivity index (χ0v) is 8.79. The molecule has 0 radical (unpaired) electrons. The van der Waals surface area contributed by atoms with Gasteiger partial charge in [-0.1, -0.05) is 0 Å². The summed E-state index contributed by atoms with van der Waals surface area (Å²) in [6.07, 6.45) is 4.38. The molecule has 4 nitrogen and oxygen atoms in total. The average Bonchev–Trinajstić information content (AvgIpc) is 2.44. The minimum Gasteiger partial charge on any atom is -0.354 e. The summed E-state index contributed by atoms with van der Waals surface area (Å²) >= 11 is 0. The molecule has 1 fully saturated rings. The van der Waals surface area contributed by atoms with Gasteiger partial charge in [-0.3, -0.25) is 15.1 Å². The van der Waals surface area contributed by atoms with Crippen molar-refractivity contribution >= 4 is 5.91 Å². The predicted molar refractivity (Wildman–Crippen MR) is 57.2 cm³/mol. The van der Waals surface area contributed by atoms with Gasteiger partial charge in [0.25, 0.3) is 0 Å². The monoisotopic (exact) mass is 205 g/mol. The molecule has 1 saturated heterocycles. The Balaban J connectivity index is 2.34. The Hall–Kier alpha value is -1.42. The Morgan fingerprint density at radius 2 is 2.07 bits per heavy atom. The van der Waals surface area contributed by atoms with Gasteiger partial charge in [-0.2, -0.15) is 0 Å². The van der Waals surface area contributed by atoms with Crippen LogP contribution in [0.1, 0.15) is 18.9 Å². The van der Waals surface area contributed by atoms with Crippen molar-refractivity contribution in [1.82, 2.24) is 15.6 Å². The summed E-state index contributed by atoms with van der Waals surface area (Å²) in [6.45, 7) is 3.49. The first-order chi connectivity index (χ1) is 7.23. The SMILES string of the molecule is CC1(c2ccncc2)NCCCNC1=O. The lowest BCUT2D eigenvalue weighted by Crippen LogP contribution is -2.49. The molecule has 0 spiro atoms. The van der Waals surface area contributed by atoms with E-state index in [2.05, 4.69) is 15.6 Å². The van der Waals surface area contributed by atoms with Gasteiger partial charge in [-0.25, -0.2) is 0 Å². The van der Waals surface area contributed by atoms with E-state index in [9.17, 15) is 4.79 Å². The Kier molecular flexibility index (Phi) is 2.68. The summed E-state index contributed by atoms with van der Waals surface area (Å²) in [5.41, 5.74) is 0.330. The molecule has 2 N–H and O–H groups in total. The smallest absolute Gasteiger partial charge is 0.244 e. The van der Waals surface area contributed by atoms with E-state index in [0.29, 0.717) is 0 Å². The van der Waals surface area contributed by atoms with Gasteiger partial charge in [0.05, 0.1) is 0 Å². The first-order valence-corrected chi connectivity index (χ1v) is 5.17. The number of hydrogen-bond acceptors (Lipinski definition) is 3. The molecule has 0 saturated carbocycles. The molecule has 1 unspecified atom stereocenters. The highest BCUT2D eigenvalue weighted by Crippen LogP contribution is 2.21. The number of nitrogens with one attached hydrogen (secondary N) is 2. The molecule has 1 aromatic rings. The second-order valence-corrected chi connectivity index (χ2v) is 3.90. The molecular formula is C11H15N3O. The molecule has 1 atom stereocenters. The second-order valence-electron chi connectivity index (χ2n) is 3.90. The lowest BCUT2D eigenvalue weighted by atomic mass is 9.92. The molecule has 80 valence electrons. The second kappa shape index (κ2) is 3.98. The van der Waals surface area contributed by atoms with Crippen LogP contribution in [0, 0.1) is 0 Å². The third-order valence-corrected chi connectivity index (χ3v) is 2.83. The number of hydrogen-bond donors (Lipinski definition) is 2. The van der Waals surface area contributed by atoms with E-state index in [0.717, 1.165) is 25.1 Å². The van der Waals surface area contributed by atoms with Crippen LogP contribution in [0.3, 0.4) is 0 Å². The summed E-state index contributed by atoms with van der Waals surface area (Å²) in [5, 5.41) is 6.20. The van der Waals surface area contributed by atoms with E-state index >= 15 is 0 Å². The lowest BCUT2D eigenvalue weighted by molar-refractivity contribution is -0.126. The lowest BCUT2D eigenvalue weighted by Gasteiger charge is -2.27. The number of carbonyl (C=O) groups excluding carboxylic acids is 1. The molecule has 1 amide bonds. The van der Waals surface area contributed by atoms with Crippen LogP contribution in [0.15, 0.2) is 24.5 Å². The first kappa shape index (κ1) is 10.1. The maximum atomic E-state index is 11.9.